The first-order valence-electron chi connectivity index (χ1n) is 9.09. The van der Waals surface area contributed by atoms with E-state index in [1.165, 1.54) is 6.07 Å². The van der Waals surface area contributed by atoms with Gasteiger partial charge in [-0.3, -0.25) is 0 Å². The van der Waals surface area contributed by atoms with Crippen LogP contribution in [-0.2, 0) is 10.9 Å². The monoisotopic (exact) mass is 378 g/mol. The van der Waals surface area contributed by atoms with Crippen molar-refractivity contribution in [3.63, 3.8) is 0 Å². The first-order valence-corrected chi connectivity index (χ1v) is 9.09. The highest BCUT2D eigenvalue weighted by Gasteiger charge is 2.41. The van der Waals surface area contributed by atoms with Crippen LogP contribution in [0.1, 0.15) is 36.3 Å². The standard InChI is InChI=1S/C20H21F3N2O2/c21-20(22,23)16-4-5-18(25-12-16)27-17-3-1-2-14(10-17)15-11-19(26-13-15)6-8-24-9-7-19/h1-5,10,12,15,24H,6-9,11,13H2/t15-/m1/s1. The summed E-state index contributed by atoms with van der Waals surface area (Å²) in [4.78, 5) is 3.76. The van der Waals surface area contributed by atoms with Crippen LogP contribution in [-0.4, -0.2) is 30.3 Å². The van der Waals surface area contributed by atoms with E-state index >= 15 is 0 Å². The summed E-state index contributed by atoms with van der Waals surface area (Å²) in [6.07, 6.45) is -0.593. The van der Waals surface area contributed by atoms with Crippen LogP contribution in [0.15, 0.2) is 42.6 Å². The van der Waals surface area contributed by atoms with Gasteiger partial charge in [-0.25, -0.2) is 4.98 Å². The largest absolute Gasteiger partial charge is 0.439 e. The molecular weight excluding hydrogens is 357 g/mol. The fourth-order valence-electron chi connectivity index (χ4n) is 3.85. The molecule has 0 saturated carbocycles. The average Bonchev–Trinajstić information content (AvgIpc) is 3.06. The molecule has 1 atom stereocenters. The molecule has 1 aromatic carbocycles. The van der Waals surface area contributed by atoms with Crippen molar-refractivity contribution in [1.29, 1.82) is 0 Å². The minimum absolute atomic E-state index is 0.0260. The number of benzene rings is 1. The number of aromatic nitrogens is 1. The van der Waals surface area contributed by atoms with E-state index in [2.05, 4.69) is 10.3 Å². The summed E-state index contributed by atoms with van der Waals surface area (Å²) in [5, 5.41) is 3.36. The maximum absolute atomic E-state index is 12.6. The van der Waals surface area contributed by atoms with Crippen LogP contribution in [0.2, 0.25) is 0 Å². The second kappa shape index (κ2) is 7.13. The lowest BCUT2D eigenvalue weighted by molar-refractivity contribution is -0.137. The first-order chi connectivity index (χ1) is 12.9. The van der Waals surface area contributed by atoms with Gasteiger partial charge in [0, 0.05) is 18.2 Å². The topological polar surface area (TPSA) is 43.4 Å². The molecule has 4 nitrogen and oxygen atoms in total. The summed E-state index contributed by atoms with van der Waals surface area (Å²) < 4.78 is 49.7. The first kappa shape index (κ1) is 18.3. The summed E-state index contributed by atoms with van der Waals surface area (Å²) >= 11 is 0. The van der Waals surface area contributed by atoms with Crippen LogP contribution in [0, 0.1) is 0 Å². The number of pyridine rings is 1. The highest BCUT2D eigenvalue weighted by molar-refractivity contribution is 5.34. The summed E-state index contributed by atoms with van der Waals surface area (Å²) in [5.41, 5.74) is 0.302. The minimum Gasteiger partial charge on any atom is -0.439 e. The number of alkyl halides is 3. The maximum Gasteiger partial charge on any atom is 0.417 e. The van der Waals surface area contributed by atoms with Crippen molar-refractivity contribution in [3.05, 3.63) is 53.7 Å². The van der Waals surface area contributed by atoms with E-state index in [1.807, 2.05) is 18.2 Å². The lowest BCUT2D eigenvalue weighted by Crippen LogP contribution is -2.41. The molecule has 1 N–H and O–H groups in total. The number of rotatable bonds is 3. The van der Waals surface area contributed by atoms with Crippen LogP contribution in [0.3, 0.4) is 0 Å². The molecular formula is C20H21F3N2O2. The van der Waals surface area contributed by atoms with Gasteiger partial charge in [0.15, 0.2) is 0 Å². The van der Waals surface area contributed by atoms with E-state index in [1.54, 1.807) is 6.07 Å². The van der Waals surface area contributed by atoms with Gasteiger partial charge in [0.05, 0.1) is 17.8 Å². The van der Waals surface area contributed by atoms with E-state index in [9.17, 15) is 13.2 Å². The Balaban J connectivity index is 1.45. The molecule has 2 aromatic rings. The zero-order chi connectivity index (χ0) is 18.9. The predicted octanol–water partition coefficient (Wildman–Crippen LogP) is 4.52. The molecule has 144 valence electrons. The SMILES string of the molecule is FC(F)(F)c1ccc(Oc2cccc([C@H]3COC4(CCNCC4)C3)c2)nc1. The molecule has 7 heteroatoms. The summed E-state index contributed by atoms with van der Waals surface area (Å²) in [5.74, 6) is 0.996. The molecule has 2 fully saturated rings. The number of ether oxygens (including phenoxy) is 2. The van der Waals surface area contributed by atoms with E-state index in [0.717, 1.165) is 50.2 Å². The second-order valence-electron chi connectivity index (χ2n) is 7.20. The highest BCUT2D eigenvalue weighted by atomic mass is 19.4. The summed E-state index contributed by atoms with van der Waals surface area (Å²) in [6, 6.07) is 9.84. The van der Waals surface area contributed by atoms with Gasteiger partial charge in [0.2, 0.25) is 5.88 Å². The molecule has 2 saturated heterocycles. The molecule has 0 unspecified atom stereocenters. The van der Waals surface area contributed by atoms with Crippen LogP contribution in [0.5, 0.6) is 11.6 Å². The van der Waals surface area contributed by atoms with Gasteiger partial charge in [0.1, 0.15) is 5.75 Å². The molecule has 1 aromatic heterocycles. The predicted molar refractivity (Wildman–Crippen MR) is 93.9 cm³/mol. The zero-order valence-corrected chi connectivity index (χ0v) is 14.8. The number of nitrogens with zero attached hydrogens (tertiary/aromatic N) is 1. The summed E-state index contributed by atoms with van der Waals surface area (Å²) in [7, 11) is 0. The number of halogens is 3. The molecule has 3 heterocycles. The van der Waals surface area contributed by atoms with E-state index < -0.39 is 11.7 Å². The van der Waals surface area contributed by atoms with Crippen molar-refractivity contribution in [1.82, 2.24) is 10.3 Å². The fraction of sp³-hybridized carbons (Fsp3) is 0.450. The normalized spacial score (nSPS) is 22.1. The molecule has 4 rings (SSSR count). The Labute approximate surface area is 155 Å². The molecule has 27 heavy (non-hydrogen) atoms. The van der Waals surface area contributed by atoms with Crippen molar-refractivity contribution < 1.29 is 22.6 Å². The van der Waals surface area contributed by atoms with E-state index in [0.29, 0.717) is 18.3 Å². The number of hydrogen-bond acceptors (Lipinski definition) is 4. The van der Waals surface area contributed by atoms with E-state index in [4.69, 9.17) is 9.47 Å². The van der Waals surface area contributed by atoms with Crippen molar-refractivity contribution in [2.24, 2.45) is 0 Å². The van der Waals surface area contributed by atoms with Crippen molar-refractivity contribution in [2.45, 2.75) is 37.0 Å². The van der Waals surface area contributed by atoms with Gasteiger partial charge >= 0.3 is 6.18 Å². The zero-order valence-electron chi connectivity index (χ0n) is 14.8. The number of piperidine rings is 1. The van der Waals surface area contributed by atoms with Crippen LogP contribution in [0.4, 0.5) is 13.2 Å². The Morgan fingerprint density at radius 2 is 1.96 bits per heavy atom. The quantitative estimate of drug-likeness (QED) is 0.853. The fourth-order valence-corrected chi connectivity index (χ4v) is 3.85. The molecule has 0 aliphatic carbocycles. The average molecular weight is 378 g/mol. The van der Waals surface area contributed by atoms with E-state index in [-0.39, 0.29) is 11.5 Å². The summed E-state index contributed by atoms with van der Waals surface area (Å²) in [6.45, 7) is 2.65. The Bertz CT molecular complexity index is 787. The van der Waals surface area contributed by atoms with Gasteiger partial charge in [-0.2, -0.15) is 13.2 Å². The molecule has 0 radical (unpaired) electrons. The number of hydrogen-bond donors (Lipinski definition) is 1. The van der Waals surface area contributed by atoms with Crippen molar-refractivity contribution >= 4 is 0 Å². The maximum atomic E-state index is 12.6. The van der Waals surface area contributed by atoms with Gasteiger partial charge in [-0.1, -0.05) is 12.1 Å². The Hall–Kier alpha value is -2.12. The highest BCUT2D eigenvalue weighted by Crippen LogP contribution is 2.42. The number of nitrogens with one attached hydrogen (secondary N) is 1. The second-order valence-corrected chi connectivity index (χ2v) is 7.20. The minimum atomic E-state index is -4.40. The van der Waals surface area contributed by atoms with Gasteiger partial charge < -0.3 is 14.8 Å². The Kier molecular flexibility index (Phi) is 4.82. The molecule has 2 aliphatic heterocycles. The Morgan fingerprint density at radius 3 is 2.67 bits per heavy atom. The third-order valence-electron chi connectivity index (χ3n) is 5.34. The van der Waals surface area contributed by atoms with Crippen molar-refractivity contribution in [3.8, 4) is 11.6 Å². The van der Waals surface area contributed by atoms with Crippen LogP contribution in [0.25, 0.3) is 0 Å². The van der Waals surface area contributed by atoms with Crippen LogP contribution < -0.4 is 10.1 Å². The Morgan fingerprint density at radius 1 is 1.15 bits per heavy atom. The van der Waals surface area contributed by atoms with Gasteiger partial charge in [-0.05, 0) is 56.1 Å². The molecule has 1 spiro atoms. The lowest BCUT2D eigenvalue weighted by Gasteiger charge is -2.33. The molecule has 0 amide bonds. The van der Waals surface area contributed by atoms with Crippen molar-refractivity contribution in [2.75, 3.05) is 19.7 Å². The van der Waals surface area contributed by atoms with Crippen LogP contribution >= 0.6 is 0 Å². The smallest absolute Gasteiger partial charge is 0.417 e. The lowest BCUT2D eigenvalue weighted by atomic mass is 9.84. The molecule has 0 bridgehead atoms. The molecule has 2 aliphatic rings. The third-order valence-corrected chi connectivity index (χ3v) is 5.34. The van der Waals surface area contributed by atoms with Gasteiger partial charge in [0.25, 0.3) is 0 Å². The third kappa shape index (κ3) is 4.09. The van der Waals surface area contributed by atoms with Gasteiger partial charge in [-0.15, -0.1) is 0 Å².